The summed E-state index contributed by atoms with van der Waals surface area (Å²) in [5, 5.41) is 8.87. The molecule has 0 bridgehead atoms. The van der Waals surface area contributed by atoms with Gasteiger partial charge in [-0.05, 0) is 38.5 Å². The quantitative estimate of drug-likeness (QED) is 0.0235. The van der Waals surface area contributed by atoms with Crippen LogP contribution in [0.1, 0.15) is 194 Å². The van der Waals surface area contributed by atoms with E-state index in [1.54, 1.807) is 0 Å². The number of carboxylic acid groups (broad SMARTS) is 1. The van der Waals surface area contributed by atoms with Gasteiger partial charge in [0.15, 0.2) is 6.10 Å². The lowest BCUT2D eigenvalue weighted by Crippen LogP contribution is -2.34. The van der Waals surface area contributed by atoms with Crippen LogP contribution < -0.4 is 5.73 Å². The van der Waals surface area contributed by atoms with E-state index in [9.17, 15) is 23.8 Å². The molecule has 1 unspecified atom stereocenters. The van der Waals surface area contributed by atoms with Crippen molar-refractivity contribution in [3.63, 3.8) is 0 Å². The van der Waals surface area contributed by atoms with Crippen molar-refractivity contribution in [2.45, 2.75) is 206 Å². The molecular weight excluding hydrogens is 685 g/mol. The summed E-state index contributed by atoms with van der Waals surface area (Å²) in [7, 11) is -4.71. The van der Waals surface area contributed by atoms with Gasteiger partial charge in [0.25, 0.3) is 0 Å². The molecule has 0 aliphatic rings. The van der Waals surface area contributed by atoms with Gasteiger partial charge in [-0.15, -0.1) is 0 Å². The van der Waals surface area contributed by atoms with E-state index in [0.717, 1.165) is 57.8 Å². The number of unbranched alkanes of at least 4 members (excludes halogenated alkanes) is 23. The minimum atomic E-state index is -4.71. The van der Waals surface area contributed by atoms with Crippen molar-refractivity contribution in [1.82, 2.24) is 0 Å². The Bertz CT molecular complexity index is 947. The van der Waals surface area contributed by atoms with Crippen LogP contribution in [0.2, 0.25) is 0 Å². The Morgan fingerprint density at radius 1 is 0.577 bits per heavy atom. The average molecular weight is 762 g/mol. The lowest BCUT2D eigenvalue weighted by atomic mass is 10.0. The minimum absolute atomic E-state index is 0.155. The SMILES string of the molecule is CCCCCC/C=C\CCCCCCCC(=O)O[C@H](COC(=O)CCCCCCCCCCCCCCCCC)COP(=O)(O)OC[C@H](N)C(=O)O. The number of hydrogen-bond donors (Lipinski definition) is 3. The van der Waals surface area contributed by atoms with E-state index in [1.807, 2.05) is 0 Å². The largest absolute Gasteiger partial charge is 0.480 e. The number of nitrogens with two attached hydrogens (primary N) is 1. The molecule has 0 saturated carbocycles. The zero-order chi connectivity index (χ0) is 38.5. The summed E-state index contributed by atoms with van der Waals surface area (Å²) in [5.74, 6) is -2.38. The summed E-state index contributed by atoms with van der Waals surface area (Å²) < 4.78 is 32.6. The molecule has 4 N–H and O–H groups in total. The highest BCUT2D eigenvalue weighted by Gasteiger charge is 2.28. The number of rotatable bonds is 39. The van der Waals surface area contributed by atoms with E-state index in [0.29, 0.717) is 12.8 Å². The first-order valence-electron chi connectivity index (χ1n) is 20.7. The maximum absolute atomic E-state index is 12.6. The van der Waals surface area contributed by atoms with Gasteiger partial charge in [0.1, 0.15) is 12.6 Å². The van der Waals surface area contributed by atoms with Crippen LogP contribution in [0.25, 0.3) is 0 Å². The summed E-state index contributed by atoms with van der Waals surface area (Å²) in [6.07, 6.45) is 34.2. The molecule has 0 saturated heterocycles. The van der Waals surface area contributed by atoms with Gasteiger partial charge in [0, 0.05) is 12.8 Å². The van der Waals surface area contributed by atoms with Crippen molar-refractivity contribution in [1.29, 1.82) is 0 Å². The van der Waals surface area contributed by atoms with Crippen LogP contribution >= 0.6 is 7.82 Å². The third-order valence-electron chi connectivity index (χ3n) is 9.01. The smallest absolute Gasteiger partial charge is 0.472 e. The van der Waals surface area contributed by atoms with Gasteiger partial charge in [-0.3, -0.25) is 23.4 Å². The molecule has 11 nitrogen and oxygen atoms in total. The van der Waals surface area contributed by atoms with Crippen LogP contribution in [0, 0.1) is 0 Å². The summed E-state index contributed by atoms with van der Waals surface area (Å²) in [5.41, 5.74) is 5.32. The van der Waals surface area contributed by atoms with Crippen LogP contribution in [0.3, 0.4) is 0 Å². The van der Waals surface area contributed by atoms with E-state index in [1.165, 1.54) is 96.3 Å². The highest BCUT2D eigenvalue weighted by molar-refractivity contribution is 7.47. The van der Waals surface area contributed by atoms with Crippen LogP contribution in [0.5, 0.6) is 0 Å². The minimum Gasteiger partial charge on any atom is -0.480 e. The highest BCUT2D eigenvalue weighted by Crippen LogP contribution is 2.43. The van der Waals surface area contributed by atoms with Crippen molar-refractivity contribution < 1.29 is 47.5 Å². The monoisotopic (exact) mass is 762 g/mol. The fourth-order valence-corrected chi connectivity index (χ4v) is 6.48. The van der Waals surface area contributed by atoms with Crippen molar-refractivity contribution in [3.05, 3.63) is 12.2 Å². The zero-order valence-electron chi connectivity index (χ0n) is 32.9. The van der Waals surface area contributed by atoms with Gasteiger partial charge >= 0.3 is 25.7 Å². The molecule has 306 valence electrons. The van der Waals surface area contributed by atoms with Gasteiger partial charge in [0.05, 0.1) is 13.2 Å². The third-order valence-corrected chi connectivity index (χ3v) is 9.96. The lowest BCUT2D eigenvalue weighted by molar-refractivity contribution is -0.161. The molecule has 0 radical (unpaired) electrons. The molecule has 0 aromatic carbocycles. The number of ether oxygens (including phenoxy) is 2. The maximum Gasteiger partial charge on any atom is 0.472 e. The first kappa shape index (κ1) is 50.2. The Morgan fingerprint density at radius 2 is 0.962 bits per heavy atom. The first-order valence-corrected chi connectivity index (χ1v) is 22.2. The number of esters is 2. The molecule has 3 atom stereocenters. The Hall–Kier alpha value is -1.78. The summed E-state index contributed by atoms with van der Waals surface area (Å²) in [6.45, 7) is 2.78. The summed E-state index contributed by atoms with van der Waals surface area (Å²) in [4.78, 5) is 45.8. The molecule has 0 fully saturated rings. The Kier molecular flexibility index (Phi) is 35.0. The standard InChI is InChI=1S/C40H76NO10P/c1-3-5-7-9-11-13-15-17-18-20-21-23-25-27-29-31-38(42)48-33-36(34-49-52(46,47)50-35-37(41)40(44)45)51-39(43)32-30-28-26-24-22-19-16-14-12-10-8-6-4-2/h14,16,36-37H,3-13,15,17-35,41H2,1-2H3,(H,44,45)(H,46,47)/b16-14-/t36-,37+/m1/s1. The molecule has 0 aromatic heterocycles. The average Bonchev–Trinajstić information content (AvgIpc) is 3.12. The molecule has 0 aliphatic heterocycles. The van der Waals surface area contributed by atoms with Gasteiger partial charge < -0.3 is 25.2 Å². The van der Waals surface area contributed by atoms with E-state index < -0.39 is 51.1 Å². The second kappa shape index (κ2) is 36.2. The lowest BCUT2D eigenvalue weighted by Gasteiger charge is -2.20. The van der Waals surface area contributed by atoms with Gasteiger partial charge in [0.2, 0.25) is 0 Å². The first-order chi connectivity index (χ1) is 25.1. The number of carbonyl (C=O) groups is 3. The fourth-order valence-electron chi connectivity index (χ4n) is 5.71. The number of aliphatic carboxylic acids is 1. The van der Waals surface area contributed by atoms with Crippen molar-refractivity contribution in [3.8, 4) is 0 Å². The number of phosphoric acid groups is 1. The van der Waals surface area contributed by atoms with Gasteiger partial charge in [-0.25, -0.2) is 4.57 Å². The van der Waals surface area contributed by atoms with Crippen LogP contribution in [-0.4, -0.2) is 59.9 Å². The van der Waals surface area contributed by atoms with Gasteiger partial charge in [-0.1, -0.05) is 154 Å². The van der Waals surface area contributed by atoms with Crippen LogP contribution in [0.4, 0.5) is 0 Å². The number of hydrogen-bond acceptors (Lipinski definition) is 9. The van der Waals surface area contributed by atoms with E-state index in [2.05, 4.69) is 30.5 Å². The molecule has 0 heterocycles. The zero-order valence-corrected chi connectivity index (χ0v) is 33.8. The summed E-state index contributed by atoms with van der Waals surface area (Å²) >= 11 is 0. The van der Waals surface area contributed by atoms with E-state index in [-0.39, 0.29) is 19.4 Å². The Morgan fingerprint density at radius 3 is 1.42 bits per heavy atom. The number of carbonyl (C=O) groups excluding carboxylic acids is 2. The number of allylic oxidation sites excluding steroid dienone is 2. The Balaban J connectivity index is 4.37. The van der Waals surface area contributed by atoms with Crippen LogP contribution in [-0.2, 0) is 37.5 Å². The number of phosphoric ester groups is 1. The Labute approximate surface area is 316 Å². The topological polar surface area (TPSA) is 172 Å². The van der Waals surface area contributed by atoms with Crippen molar-refractivity contribution in [2.24, 2.45) is 5.73 Å². The van der Waals surface area contributed by atoms with Crippen LogP contribution in [0.15, 0.2) is 12.2 Å². The predicted molar refractivity (Wildman–Crippen MR) is 208 cm³/mol. The molecule has 0 spiro atoms. The van der Waals surface area contributed by atoms with E-state index in [4.69, 9.17) is 24.8 Å². The normalized spacial score (nSPS) is 13.9. The summed E-state index contributed by atoms with van der Waals surface area (Å²) in [6, 6.07) is -1.52. The third kappa shape index (κ3) is 35.3. The second-order valence-corrected chi connectivity index (χ2v) is 15.6. The predicted octanol–water partition coefficient (Wildman–Crippen LogP) is 10.5. The molecule has 0 aromatic rings. The van der Waals surface area contributed by atoms with Gasteiger partial charge in [-0.2, -0.15) is 0 Å². The highest BCUT2D eigenvalue weighted by atomic mass is 31.2. The number of carboxylic acids is 1. The molecule has 52 heavy (non-hydrogen) atoms. The van der Waals surface area contributed by atoms with E-state index >= 15 is 0 Å². The molecule has 0 rings (SSSR count). The van der Waals surface area contributed by atoms with Crippen molar-refractivity contribution in [2.75, 3.05) is 19.8 Å². The second-order valence-electron chi connectivity index (χ2n) is 14.1. The molecular formula is C40H76NO10P. The molecule has 0 aliphatic carbocycles. The molecule has 12 heteroatoms. The van der Waals surface area contributed by atoms with Crippen molar-refractivity contribution >= 4 is 25.7 Å². The maximum atomic E-state index is 12.6. The molecule has 0 amide bonds. The fraction of sp³-hybridized carbons (Fsp3) is 0.875.